The van der Waals surface area contributed by atoms with Crippen LogP contribution < -0.4 is 10.2 Å². The minimum atomic E-state index is -0.105. The van der Waals surface area contributed by atoms with Crippen molar-refractivity contribution >= 4 is 11.4 Å². The fourth-order valence-electron chi connectivity index (χ4n) is 2.30. The number of rotatable bonds is 2. The van der Waals surface area contributed by atoms with Crippen molar-refractivity contribution in [2.45, 2.75) is 32.7 Å². The van der Waals surface area contributed by atoms with Gasteiger partial charge >= 0.3 is 0 Å². The van der Waals surface area contributed by atoms with Crippen LogP contribution >= 0.6 is 0 Å². The molecule has 0 unspecified atom stereocenters. The van der Waals surface area contributed by atoms with Gasteiger partial charge in [-0.1, -0.05) is 38.1 Å². The van der Waals surface area contributed by atoms with Crippen LogP contribution in [-0.4, -0.2) is 23.2 Å². The highest BCUT2D eigenvalue weighted by atomic mass is 16.5. The van der Waals surface area contributed by atoms with Crippen molar-refractivity contribution in [3.63, 3.8) is 0 Å². The Labute approximate surface area is 119 Å². The van der Waals surface area contributed by atoms with E-state index < -0.39 is 0 Å². The van der Waals surface area contributed by atoms with E-state index in [9.17, 15) is 0 Å². The molecule has 0 amide bonds. The normalized spacial score (nSPS) is 14.8. The molecule has 0 saturated carbocycles. The van der Waals surface area contributed by atoms with E-state index in [0.29, 0.717) is 12.4 Å². The molecule has 5 heteroatoms. The van der Waals surface area contributed by atoms with E-state index in [-0.39, 0.29) is 5.41 Å². The lowest BCUT2D eigenvalue weighted by molar-refractivity contribution is 0.318. The molecule has 0 bridgehead atoms. The number of benzene rings is 1. The Bertz CT molecular complexity index is 600. The number of nitrogens with zero attached hydrogens (tertiary/aromatic N) is 3. The first-order chi connectivity index (χ1) is 9.54. The van der Waals surface area contributed by atoms with Gasteiger partial charge in [-0.05, 0) is 12.1 Å². The molecule has 0 radical (unpaired) electrons. The van der Waals surface area contributed by atoms with Crippen LogP contribution in [0, 0.1) is 0 Å². The molecule has 20 heavy (non-hydrogen) atoms. The molecule has 1 aromatic heterocycles. The number of hydrogen-bond donors (Lipinski definition) is 1. The van der Waals surface area contributed by atoms with Crippen molar-refractivity contribution in [2.24, 2.45) is 0 Å². The maximum Gasteiger partial charge on any atom is 0.232 e. The molecule has 0 spiro atoms. The van der Waals surface area contributed by atoms with E-state index in [1.165, 1.54) is 11.4 Å². The first-order valence-electron chi connectivity index (χ1n) is 6.95. The fraction of sp³-hybridized carbons (Fsp3) is 0.467. The van der Waals surface area contributed by atoms with Crippen LogP contribution in [0.2, 0.25) is 0 Å². The molecule has 1 aliphatic heterocycles. The van der Waals surface area contributed by atoms with Crippen molar-refractivity contribution in [1.29, 1.82) is 0 Å². The highest BCUT2D eigenvalue weighted by Gasteiger charge is 2.23. The van der Waals surface area contributed by atoms with Crippen LogP contribution in [0.1, 0.15) is 32.5 Å². The molecule has 0 fully saturated rings. The van der Waals surface area contributed by atoms with Gasteiger partial charge in [0.05, 0.1) is 17.9 Å². The van der Waals surface area contributed by atoms with Gasteiger partial charge in [-0.3, -0.25) is 0 Å². The van der Waals surface area contributed by atoms with Gasteiger partial charge in [0.15, 0.2) is 5.82 Å². The summed E-state index contributed by atoms with van der Waals surface area (Å²) in [4.78, 5) is 6.79. The van der Waals surface area contributed by atoms with E-state index in [1.54, 1.807) is 0 Å². The number of hydrogen-bond acceptors (Lipinski definition) is 5. The Morgan fingerprint density at radius 1 is 1.30 bits per heavy atom. The summed E-state index contributed by atoms with van der Waals surface area (Å²) in [5, 5.41) is 7.50. The molecule has 1 N–H and O–H groups in total. The minimum Gasteiger partial charge on any atom is -0.382 e. The maximum absolute atomic E-state index is 5.36. The number of para-hydroxylation sites is 2. The SMILES string of the molecule is CC(C)(C)c1nc(CN2CCNc3ccccc32)no1. The molecule has 0 saturated heterocycles. The van der Waals surface area contributed by atoms with Crippen molar-refractivity contribution < 1.29 is 4.52 Å². The van der Waals surface area contributed by atoms with Gasteiger partial charge in [-0.25, -0.2) is 0 Å². The Morgan fingerprint density at radius 3 is 2.85 bits per heavy atom. The Kier molecular flexibility index (Phi) is 3.12. The second kappa shape index (κ2) is 4.81. The monoisotopic (exact) mass is 272 g/mol. The van der Waals surface area contributed by atoms with Gasteiger partial charge < -0.3 is 14.7 Å². The zero-order valence-corrected chi connectivity index (χ0v) is 12.2. The predicted octanol–water partition coefficient (Wildman–Crippen LogP) is 2.80. The lowest BCUT2D eigenvalue weighted by Gasteiger charge is -2.30. The largest absolute Gasteiger partial charge is 0.382 e. The standard InChI is InChI=1S/C15H20N4O/c1-15(2,3)14-17-13(18-20-14)10-19-9-8-16-11-6-4-5-7-12(11)19/h4-7,16H,8-10H2,1-3H3. The summed E-state index contributed by atoms with van der Waals surface area (Å²) in [5.74, 6) is 1.43. The Morgan fingerprint density at radius 2 is 2.10 bits per heavy atom. The van der Waals surface area contributed by atoms with Crippen molar-refractivity contribution in [2.75, 3.05) is 23.3 Å². The zero-order valence-electron chi connectivity index (χ0n) is 12.2. The Hall–Kier alpha value is -2.04. The first-order valence-corrected chi connectivity index (χ1v) is 6.95. The number of aromatic nitrogens is 2. The molecule has 2 heterocycles. The zero-order chi connectivity index (χ0) is 14.2. The van der Waals surface area contributed by atoms with Gasteiger partial charge in [0.2, 0.25) is 5.89 Å². The van der Waals surface area contributed by atoms with Crippen molar-refractivity contribution in [3.8, 4) is 0 Å². The molecular formula is C15H20N4O. The number of fused-ring (bicyclic) bond motifs is 1. The second-order valence-corrected chi connectivity index (χ2v) is 6.13. The van der Waals surface area contributed by atoms with Gasteiger partial charge in [0, 0.05) is 18.5 Å². The summed E-state index contributed by atoms with van der Waals surface area (Å²) >= 11 is 0. The Balaban J connectivity index is 1.81. The summed E-state index contributed by atoms with van der Waals surface area (Å²) in [6, 6.07) is 8.31. The molecule has 0 aliphatic carbocycles. The minimum absolute atomic E-state index is 0.105. The molecule has 106 valence electrons. The molecule has 3 rings (SSSR count). The first kappa shape index (κ1) is 13.0. The average Bonchev–Trinajstić information content (AvgIpc) is 2.88. The average molecular weight is 272 g/mol. The van der Waals surface area contributed by atoms with E-state index in [4.69, 9.17) is 4.52 Å². The van der Waals surface area contributed by atoms with Gasteiger partial charge in [0.25, 0.3) is 0 Å². The highest BCUT2D eigenvalue weighted by molar-refractivity contribution is 5.71. The summed E-state index contributed by atoms with van der Waals surface area (Å²) in [6.45, 7) is 8.77. The van der Waals surface area contributed by atoms with Crippen LogP contribution in [0.4, 0.5) is 11.4 Å². The molecule has 0 atom stereocenters. The predicted molar refractivity (Wildman–Crippen MR) is 79.0 cm³/mol. The van der Waals surface area contributed by atoms with Crippen LogP contribution in [0.25, 0.3) is 0 Å². The van der Waals surface area contributed by atoms with Crippen molar-refractivity contribution in [3.05, 3.63) is 36.0 Å². The quantitative estimate of drug-likeness (QED) is 0.911. The summed E-state index contributed by atoms with van der Waals surface area (Å²) in [6.07, 6.45) is 0. The topological polar surface area (TPSA) is 54.2 Å². The van der Waals surface area contributed by atoms with Crippen LogP contribution in [0.5, 0.6) is 0 Å². The maximum atomic E-state index is 5.36. The van der Waals surface area contributed by atoms with Crippen LogP contribution in [-0.2, 0) is 12.0 Å². The fourth-order valence-corrected chi connectivity index (χ4v) is 2.30. The van der Waals surface area contributed by atoms with E-state index in [0.717, 1.165) is 18.9 Å². The van der Waals surface area contributed by atoms with Crippen LogP contribution in [0.15, 0.2) is 28.8 Å². The smallest absolute Gasteiger partial charge is 0.232 e. The van der Waals surface area contributed by atoms with Gasteiger partial charge in [0.1, 0.15) is 0 Å². The van der Waals surface area contributed by atoms with E-state index in [1.807, 2.05) is 6.07 Å². The second-order valence-electron chi connectivity index (χ2n) is 6.13. The van der Waals surface area contributed by atoms with E-state index >= 15 is 0 Å². The lowest BCUT2D eigenvalue weighted by Crippen LogP contribution is -2.33. The molecule has 2 aromatic rings. The third-order valence-corrected chi connectivity index (χ3v) is 3.38. The number of anilines is 2. The summed E-state index contributed by atoms with van der Waals surface area (Å²) < 4.78 is 5.36. The van der Waals surface area contributed by atoms with Crippen LogP contribution in [0.3, 0.4) is 0 Å². The lowest BCUT2D eigenvalue weighted by atomic mass is 9.97. The molecule has 5 nitrogen and oxygen atoms in total. The van der Waals surface area contributed by atoms with Gasteiger partial charge in [-0.15, -0.1) is 0 Å². The highest BCUT2D eigenvalue weighted by Crippen LogP contribution is 2.29. The van der Waals surface area contributed by atoms with Gasteiger partial charge in [-0.2, -0.15) is 4.98 Å². The molecule has 1 aliphatic rings. The number of nitrogens with one attached hydrogen (secondary N) is 1. The van der Waals surface area contributed by atoms with Crippen molar-refractivity contribution in [1.82, 2.24) is 10.1 Å². The summed E-state index contributed by atoms with van der Waals surface area (Å²) in [5.41, 5.74) is 2.26. The molecule has 1 aromatic carbocycles. The summed E-state index contributed by atoms with van der Waals surface area (Å²) in [7, 11) is 0. The third kappa shape index (κ3) is 2.48. The molecular weight excluding hydrogens is 252 g/mol. The van der Waals surface area contributed by atoms with E-state index in [2.05, 4.69) is 59.3 Å². The third-order valence-electron chi connectivity index (χ3n) is 3.38.